The molecule has 16 heavy (non-hydrogen) atoms. The van der Waals surface area contributed by atoms with Crippen LogP contribution in [0.1, 0.15) is 24.7 Å². The lowest BCUT2D eigenvalue weighted by Crippen LogP contribution is -1.95. The zero-order chi connectivity index (χ0) is 11.4. The van der Waals surface area contributed by atoms with Crippen LogP contribution in [-0.4, -0.2) is 10.1 Å². The van der Waals surface area contributed by atoms with Crippen LogP contribution >= 0.6 is 0 Å². The minimum atomic E-state index is 0.547. The molecule has 0 bridgehead atoms. The lowest BCUT2D eigenvalue weighted by molar-refractivity contribution is 0.422. The predicted molar refractivity (Wildman–Crippen MR) is 61.6 cm³/mol. The number of nitrogens with two attached hydrogens (primary N) is 1. The molecule has 2 aromatic rings. The molecule has 0 aliphatic rings. The zero-order valence-electron chi connectivity index (χ0n) is 9.31. The van der Waals surface area contributed by atoms with Crippen LogP contribution in [0.5, 0.6) is 0 Å². The van der Waals surface area contributed by atoms with Crippen molar-refractivity contribution in [3.05, 3.63) is 35.7 Å². The number of nitrogens with zero attached hydrogens (tertiary/aromatic N) is 2. The largest absolute Gasteiger partial charge is 0.334 e. The number of aryl methyl sites for hydroxylation is 1. The third kappa shape index (κ3) is 2.28. The molecular formula is C12H15N3O. The standard InChI is InChI=1S/C12H15N3O/c1-2-3-11-14-12(16-15-11)10-6-4-9(8-13)5-7-10/h4-7H,2-3,8,13H2,1H3. The first-order valence-corrected chi connectivity index (χ1v) is 5.45. The van der Waals surface area contributed by atoms with Gasteiger partial charge in [0.25, 0.3) is 5.89 Å². The van der Waals surface area contributed by atoms with Crippen molar-refractivity contribution in [1.29, 1.82) is 0 Å². The molecule has 2 N–H and O–H groups in total. The van der Waals surface area contributed by atoms with E-state index in [2.05, 4.69) is 17.1 Å². The average molecular weight is 217 g/mol. The summed E-state index contributed by atoms with van der Waals surface area (Å²) in [6, 6.07) is 7.84. The Morgan fingerprint density at radius 1 is 1.25 bits per heavy atom. The molecule has 0 fully saturated rings. The lowest BCUT2D eigenvalue weighted by Gasteiger charge is -1.97. The predicted octanol–water partition coefficient (Wildman–Crippen LogP) is 2.15. The summed E-state index contributed by atoms with van der Waals surface area (Å²) in [7, 11) is 0. The van der Waals surface area contributed by atoms with Crippen molar-refractivity contribution in [1.82, 2.24) is 10.1 Å². The quantitative estimate of drug-likeness (QED) is 0.852. The van der Waals surface area contributed by atoms with E-state index >= 15 is 0 Å². The van der Waals surface area contributed by atoms with Crippen LogP contribution in [0.25, 0.3) is 11.5 Å². The Morgan fingerprint density at radius 2 is 2.00 bits per heavy atom. The van der Waals surface area contributed by atoms with E-state index in [0.717, 1.165) is 29.8 Å². The van der Waals surface area contributed by atoms with E-state index in [9.17, 15) is 0 Å². The Morgan fingerprint density at radius 3 is 2.62 bits per heavy atom. The Kier molecular flexibility index (Phi) is 3.31. The summed E-state index contributed by atoms with van der Waals surface area (Å²) >= 11 is 0. The maximum Gasteiger partial charge on any atom is 0.257 e. The van der Waals surface area contributed by atoms with Gasteiger partial charge in [-0.2, -0.15) is 4.98 Å². The molecule has 0 aliphatic carbocycles. The van der Waals surface area contributed by atoms with E-state index in [0.29, 0.717) is 12.4 Å². The summed E-state index contributed by atoms with van der Waals surface area (Å²) in [5, 5.41) is 3.91. The number of benzene rings is 1. The molecule has 0 aliphatic heterocycles. The highest BCUT2D eigenvalue weighted by molar-refractivity contribution is 5.53. The van der Waals surface area contributed by atoms with Gasteiger partial charge in [-0.15, -0.1) is 0 Å². The summed E-state index contributed by atoms with van der Waals surface area (Å²) in [5.41, 5.74) is 7.56. The average Bonchev–Trinajstić information content (AvgIpc) is 2.78. The molecule has 0 amide bonds. The molecule has 84 valence electrons. The second kappa shape index (κ2) is 4.90. The van der Waals surface area contributed by atoms with E-state index in [1.165, 1.54) is 0 Å². The van der Waals surface area contributed by atoms with Crippen molar-refractivity contribution in [2.24, 2.45) is 5.73 Å². The molecule has 2 rings (SSSR count). The van der Waals surface area contributed by atoms with Crippen molar-refractivity contribution >= 4 is 0 Å². The third-order valence-corrected chi connectivity index (χ3v) is 2.38. The zero-order valence-corrected chi connectivity index (χ0v) is 9.31. The van der Waals surface area contributed by atoms with E-state index in [-0.39, 0.29) is 0 Å². The second-order valence-corrected chi connectivity index (χ2v) is 3.67. The molecular weight excluding hydrogens is 202 g/mol. The monoisotopic (exact) mass is 217 g/mol. The van der Waals surface area contributed by atoms with Gasteiger partial charge in [-0.1, -0.05) is 24.2 Å². The molecule has 0 saturated heterocycles. The van der Waals surface area contributed by atoms with Crippen LogP contribution in [-0.2, 0) is 13.0 Å². The highest BCUT2D eigenvalue weighted by atomic mass is 16.5. The fourth-order valence-corrected chi connectivity index (χ4v) is 1.48. The van der Waals surface area contributed by atoms with Gasteiger partial charge in [-0.05, 0) is 24.1 Å². The number of hydrogen-bond donors (Lipinski definition) is 1. The van der Waals surface area contributed by atoms with Crippen molar-refractivity contribution in [3.63, 3.8) is 0 Å². The summed E-state index contributed by atoms with van der Waals surface area (Å²) < 4.78 is 5.18. The van der Waals surface area contributed by atoms with Crippen LogP contribution < -0.4 is 5.73 Å². The highest BCUT2D eigenvalue weighted by Crippen LogP contribution is 2.17. The van der Waals surface area contributed by atoms with Crippen LogP contribution in [0.3, 0.4) is 0 Å². The number of aromatic nitrogens is 2. The topological polar surface area (TPSA) is 64.9 Å². The first-order valence-electron chi connectivity index (χ1n) is 5.45. The van der Waals surface area contributed by atoms with Crippen LogP contribution in [0.15, 0.2) is 28.8 Å². The van der Waals surface area contributed by atoms with Crippen molar-refractivity contribution in [2.45, 2.75) is 26.3 Å². The van der Waals surface area contributed by atoms with Gasteiger partial charge in [-0.25, -0.2) is 0 Å². The first kappa shape index (κ1) is 10.8. The fraction of sp³-hybridized carbons (Fsp3) is 0.333. The Hall–Kier alpha value is -1.68. The highest BCUT2D eigenvalue weighted by Gasteiger charge is 2.07. The van der Waals surface area contributed by atoms with Gasteiger partial charge in [0.05, 0.1) is 0 Å². The van der Waals surface area contributed by atoms with Crippen LogP contribution in [0, 0.1) is 0 Å². The maximum atomic E-state index is 5.53. The van der Waals surface area contributed by atoms with E-state index in [1.54, 1.807) is 0 Å². The third-order valence-electron chi connectivity index (χ3n) is 2.38. The Bertz CT molecular complexity index is 448. The molecule has 4 heteroatoms. The normalized spacial score (nSPS) is 10.6. The first-order chi connectivity index (χ1) is 7.83. The molecule has 0 unspecified atom stereocenters. The van der Waals surface area contributed by atoms with E-state index in [1.807, 2.05) is 24.3 Å². The summed E-state index contributed by atoms with van der Waals surface area (Å²) in [5.74, 6) is 1.34. The van der Waals surface area contributed by atoms with Gasteiger partial charge >= 0.3 is 0 Å². The molecule has 1 heterocycles. The van der Waals surface area contributed by atoms with Crippen LogP contribution in [0.2, 0.25) is 0 Å². The minimum Gasteiger partial charge on any atom is -0.334 e. The molecule has 0 saturated carbocycles. The second-order valence-electron chi connectivity index (χ2n) is 3.67. The smallest absolute Gasteiger partial charge is 0.257 e. The Labute approximate surface area is 94.5 Å². The van der Waals surface area contributed by atoms with Gasteiger partial charge in [0.2, 0.25) is 0 Å². The summed E-state index contributed by atoms with van der Waals surface area (Å²) in [6.07, 6.45) is 1.87. The molecule has 0 atom stereocenters. The lowest BCUT2D eigenvalue weighted by atomic mass is 10.1. The number of rotatable bonds is 4. The molecule has 1 aromatic heterocycles. The molecule has 0 spiro atoms. The summed E-state index contributed by atoms with van der Waals surface area (Å²) in [4.78, 5) is 4.32. The SMILES string of the molecule is CCCc1noc(-c2ccc(CN)cc2)n1. The van der Waals surface area contributed by atoms with Crippen molar-refractivity contribution in [2.75, 3.05) is 0 Å². The van der Waals surface area contributed by atoms with Gasteiger partial charge in [0.1, 0.15) is 0 Å². The van der Waals surface area contributed by atoms with Gasteiger partial charge < -0.3 is 10.3 Å². The van der Waals surface area contributed by atoms with Crippen LogP contribution in [0.4, 0.5) is 0 Å². The van der Waals surface area contributed by atoms with E-state index in [4.69, 9.17) is 10.3 Å². The van der Waals surface area contributed by atoms with Gasteiger partial charge in [-0.3, -0.25) is 0 Å². The summed E-state index contributed by atoms with van der Waals surface area (Å²) in [6.45, 7) is 2.64. The van der Waals surface area contributed by atoms with Gasteiger partial charge in [0.15, 0.2) is 5.82 Å². The fourth-order valence-electron chi connectivity index (χ4n) is 1.48. The Balaban J connectivity index is 2.21. The molecule has 1 aromatic carbocycles. The number of hydrogen-bond acceptors (Lipinski definition) is 4. The molecule has 4 nitrogen and oxygen atoms in total. The molecule has 0 radical (unpaired) electrons. The van der Waals surface area contributed by atoms with E-state index < -0.39 is 0 Å². The van der Waals surface area contributed by atoms with Crippen molar-refractivity contribution < 1.29 is 4.52 Å². The van der Waals surface area contributed by atoms with Crippen molar-refractivity contribution in [3.8, 4) is 11.5 Å². The minimum absolute atomic E-state index is 0.547. The van der Waals surface area contributed by atoms with Gasteiger partial charge in [0, 0.05) is 18.5 Å². The maximum absolute atomic E-state index is 5.53.